The molecule has 1 aliphatic rings. The van der Waals surface area contributed by atoms with Gasteiger partial charge in [0.2, 0.25) is 0 Å². The molecule has 1 N–H and O–H groups in total. The van der Waals surface area contributed by atoms with Crippen LogP contribution >= 0.6 is 0 Å². The summed E-state index contributed by atoms with van der Waals surface area (Å²) in [4.78, 5) is 14.3. The first kappa shape index (κ1) is 12.2. The number of nitrogens with zero attached hydrogens (tertiary/aromatic N) is 2. The van der Waals surface area contributed by atoms with Crippen LogP contribution in [0.4, 0.5) is 5.69 Å². The van der Waals surface area contributed by atoms with Crippen molar-refractivity contribution in [2.45, 2.75) is 16.9 Å². The van der Waals surface area contributed by atoms with E-state index in [0.717, 1.165) is 13.0 Å². The molecule has 1 saturated heterocycles. The standard InChI is InChI=1S/C11H11N3O4S/c15-14(16)7-1-2-10-9(5-7)13-11(18-10)19(17)8-3-4-12-6-8/h1-2,5,8,12H,3-4,6H2. The second-order valence-corrected chi connectivity index (χ2v) is 5.91. The highest BCUT2D eigenvalue weighted by molar-refractivity contribution is 7.85. The Balaban J connectivity index is 1.96. The summed E-state index contributed by atoms with van der Waals surface area (Å²) >= 11 is 0. The Morgan fingerprint density at radius 3 is 3.05 bits per heavy atom. The lowest BCUT2D eigenvalue weighted by Gasteiger charge is -2.02. The quantitative estimate of drug-likeness (QED) is 0.670. The van der Waals surface area contributed by atoms with E-state index in [1.807, 2.05) is 0 Å². The minimum Gasteiger partial charge on any atom is -0.430 e. The molecule has 19 heavy (non-hydrogen) atoms. The second-order valence-electron chi connectivity index (χ2n) is 4.30. The first-order chi connectivity index (χ1) is 9.15. The van der Waals surface area contributed by atoms with Crippen molar-refractivity contribution >= 4 is 27.6 Å². The number of hydrogen-bond acceptors (Lipinski definition) is 6. The van der Waals surface area contributed by atoms with Gasteiger partial charge in [-0.2, -0.15) is 0 Å². The van der Waals surface area contributed by atoms with Crippen molar-refractivity contribution in [1.29, 1.82) is 0 Å². The van der Waals surface area contributed by atoms with Crippen LogP contribution in [-0.2, 0) is 10.8 Å². The van der Waals surface area contributed by atoms with E-state index in [2.05, 4.69) is 10.3 Å². The maximum Gasteiger partial charge on any atom is 0.288 e. The fourth-order valence-electron chi connectivity index (χ4n) is 2.05. The Labute approximate surface area is 110 Å². The van der Waals surface area contributed by atoms with Crippen LogP contribution in [0.25, 0.3) is 11.1 Å². The largest absolute Gasteiger partial charge is 0.430 e. The van der Waals surface area contributed by atoms with Crippen molar-refractivity contribution in [1.82, 2.24) is 10.3 Å². The molecule has 1 aromatic carbocycles. The molecule has 0 spiro atoms. The van der Waals surface area contributed by atoms with Crippen molar-refractivity contribution < 1.29 is 13.5 Å². The summed E-state index contributed by atoms with van der Waals surface area (Å²) in [5.41, 5.74) is 0.726. The fraction of sp³-hybridized carbons (Fsp3) is 0.364. The van der Waals surface area contributed by atoms with Crippen LogP contribution in [0.5, 0.6) is 0 Å². The van der Waals surface area contributed by atoms with E-state index in [1.54, 1.807) is 0 Å². The zero-order chi connectivity index (χ0) is 13.4. The monoisotopic (exact) mass is 281 g/mol. The summed E-state index contributed by atoms with van der Waals surface area (Å²) in [5.74, 6) is 0. The highest BCUT2D eigenvalue weighted by Crippen LogP contribution is 2.24. The van der Waals surface area contributed by atoms with Gasteiger partial charge in [0.05, 0.1) is 10.2 Å². The molecule has 3 rings (SSSR count). The van der Waals surface area contributed by atoms with Gasteiger partial charge in [-0.15, -0.1) is 0 Å². The fourth-order valence-corrected chi connectivity index (χ4v) is 3.29. The molecular formula is C11H11N3O4S. The molecule has 2 unspecified atom stereocenters. The Morgan fingerprint density at radius 1 is 1.53 bits per heavy atom. The van der Waals surface area contributed by atoms with Gasteiger partial charge in [-0.3, -0.25) is 10.1 Å². The van der Waals surface area contributed by atoms with Crippen molar-refractivity contribution in [3.8, 4) is 0 Å². The predicted molar refractivity (Wildman–Crippen MR) is 68.3 cm³/mol. The number of benzene rings is 1. The first-order valence-corrected chi connectivity index (χ1v) is 7.03. The smallest absolute Gasteiger partial charge is 0.288 e. The molecule has 0 radical (unpaired) electrons. The summed E-state index contributed by atoms with van der Waals surface area (Å²) in [6.07, 6.45) is 0.811. The number of nitro groups is 1. The topological polar surface area (TPSA) is 98.3 Å². The second kappa shape index (κ2) is 4.71. The highest BCUT2D eigenvalue weighted by atomic mass is 32.2. The first-order valence-electron chi connectivity index (χ1n) is 5.81. The van der Waals surface area contributed by atoms with E-state index in [1.165, 1.54) is 18.2 Å². The van der Waals surface area contributed by atoms with Crippen molar-refractivity contribution in [3.63, 3.8) is 0 Å². The number of fused-ring (bicyclic) bond motifs is 1. The predicted octanol–water partition coefficient (Wildman–Crippen LogP) is 1.21. The lowest BCUT2D eigenvalue weighted by atomic mass is 10.3. The van der Waals surface area contributed by atoms with Gasteiger partial charge in [0, 0.05) is 18.7 Å². The molecule has 2 atom stereocenters. The van der Waals surface area contributed by atoms with Crippen LogP contribution in [-0.4, -0.2) is 32.5 Å². The third kappa shape index (κ3) is 2.24. The number of nitrogens with one attached hydrogen (secondary N) is 1. The highest BCUT2D eigenvalue weighted by Gasteiger charge is 2.26. The molecule has 2 heterocycles. The molecule has 100 valence electrons. The third-order valence-electron chi connectivity index (χ3n) is 3.05. The van der Waals surface area contributed by atoms with E-state index >= 15 is 0 Å². The Kier molecular flexibility index (Phi) is 3.03. The summed E-state index contributed by atoms with van der Waals surface area (Å²) in [6, 6.07) is 4.15. The zero-order valence-electron chi connectivity index (χ0n) is 9.87. The number of non-ortho nitro benzene ring substituents is 1. The summed E-state index contributed by atoms with van der Waals surface area (Å²) in [5, 5.41) is 13.9. The van der Waals surface area contributed by atoms with Gasteiger partial charge in [0.15, 0.2) is 5.58 Å². The Morgan fingerprint density at radius 2 is 2.37 bits per heavy atom. The molecule has 0 amide bonds. The molecule has 8 heteroatoms. The van der Waals surface area contributed by atoms with Crippen LogP contribution < -0.4 is 5.32 Å². The number of rotatable bonds is 3. The Bertz CT molecular complexity index is 663. The average Bonchev–Trinajstić information content (AvgIpc) is 3.06. The van der Waals surface area contributed by atoms with Crippen molar-refractivity contribution in [2.75, 3.05) is 13.1 Å². The number of hydrogen-bond donors (Lipinski definition) is 1. The lowest BCUT2D eigenvalue weighted by molar-refractivity contribution is -0.384. The number of oxazole rings is 1. The molecule has 2 aromatic rings. The molecule has 7 nitrogen and oxygen atoms in total. The summed E-state index contributed by atoms with van der Waals surface area (Å²) < 4.78 is 17.6. The SMILES string of the molecule is O=[N+]([O-])c1ccc2oc(S(=O)C3CCNC3)nc2c1. The molecule has 0 saturated carbocycles. The number of aromatic nitrogens is 1. The van der Waals surface area contributed by atoms with E-state index in [-0.39, 0.29) is 16.2 Å². The Hall–Kier alpha value is -1.80. The van der Waals surface area contributed by atoms with Gasteiger partial charge in [-0.1, -0.05) is 0 Å². The molecular weight excluding hydrogens is 270 g/mol. The van der Waals surface area contributed by atoms with Gasteiger partial charge in [-0.05, 0) is 19.0 Å². The van der Waals surface area contributed by atoms with Gasteiger partial charge < -0.3 is 9.73 Å². The molecule has 0 aliphatic carbocycles. The normalized spacial score (nSPS) is 20.7. The number of nitro benzene ring substituents is 1. The van der Waals surface area contributed by atoms with E-state index in [4.69, 9.17) is 4.42 Å². The molecule has 1 aromatic heterocycles. The molecule has 1 aliphatic heterocycles. The van der Waals surface area contributed by atoms with Gasteiger partial charge in [0.1, 0.15) is 16.3 Å². The van der Waals surface area contributed by atoms with Crippen LogP contribution in [0, 0.1) is 10.1 Å². The van der Waals surface area contributed by atoms with E-state index < -0.39 is 15.7 Å². The van der Waals surface area contributed by atoms with Crippen LogP contribution in [0.3, 0.4) is 0 Å². The van der Waals surface area contributed by atoms with Crippen LogP contribution in [0.2, 0.25) is 0 Å². The maximum absolute atomic E-state index is 12.2. The summed E-state index contributed by atoms with van der Waals surface area (Å²) in [7, 11) is -1.32. The van der Waals surface area contributed by atoms with E-state index in [0.29, 0.717) is 17.6 Å². The van der Waals surface area contributed by atoms with Crippen molar-refractivity contribution in [2.24, 2.45) is 0 Å². The lowest BCUT2D eigenvalue weighted by Crippen LogP contribution is -2.18. The summed E-state index contributed by atoms with van der Waals surface area (Å²) in [6.45, 7) is 1.51. The minimum atomic E-state index is -1.32. The van der Waals surface area contributed by atoms with Crippen LogP contribution in [0.1, 0.15) is 6.42 Å². The van der Waals surface area contributed by atoms with Gasteiger partial charge >= 0.3 is 0 Å². The minimum absolute atomic E-state index is 0.0111. The zero-order valence-corrected chi connectivity index (χ0v) is 10.7. The van der Waals surface area contributed by atoms with Crippen LogP contribution in [0.15, 0.2) is 27.8 Å². The van der Waals surface area contributed by atoms with E-state index in [9.17, 15) is 14.3 Å². The maximum atomic E-state index is 12.2. The van der Waals surface area contributed by atoms with Gasteiger partial charge in [-0.25, -0.2) is 9.19 Å². The molecule has 0 bridgehead atoms. The third-order valence-corrected chi connectivity index (χ3v) is 4.58. The molecule has 1 fully saturated rings. The average molecular weight is 281 g/mol. The van der Waals surface area contributed by atoms with Gasteiger partial charge in [0.25, 0.3) is 10.9 Å². The van der Waals surface area contributed by atoms with Crippen molar-refractivity contribution in [3.05, 3.63) is 28.3 Å².